The molecule has 0 atom stereocenters. The SMILES string of the molecule is CCc1nn(C)cc1C(=O)N1CCCNc2ccccc21. The third-order valence-corrected chi connectivity index (χ3v) is 3.78. The van der Waals surface area contributed by atoms with Gasteiger partial charge < -0.3 is 10.2 Å². The van der Waals surface area contributed by atoms with Crippen molar-refractivity contribution in [2.75, 3.05) is 23.3 Å². The highest BCUT2D eigenvalue weighted by Crippen LogP contribution is 2.29. The molecule has 0 spiro atoms. The molecule has 0 saturated carbocycles. The van der Waals surface area contributed by atoms with Crippen molar-refractivity contribution >= 4 is 17.3 Å². The molecule has 5 nitrogen and oxygen atoms in total. The van der Waals surface area contributed by atoms with Crippen molar-refractivity contribution < 1.29 is 4.79 Å². The van der Waals surface area contributed by atoms with Crippen LogP contribution in [-0.2, 0) is 13.5 Å². The minimum atomic E-state index is 0.0381. The smallest absolute Gasteiger partial charge is 0.261 e. The van der Waals surface area contributed by atoms with E-state index >= 15 is 0 Å². The van der Waals surface area contributed by atoms with Gasteiger partial charge in [0, 0.05) is 26.3 Å². The summed E-state index contributed by atoms with van der Waals surface area (Å²) < 4.78 is 1.72. The first kappa shape index (κ1) is 13.7. The number of amides is 1. The number of aryl methyl sites for hydroxylation is 2. The van der Waals surface area contributed by atoms with Gasteiger partial charge in [-0.1, -0.05) is 19.1 Å². The van der Waals surface area contributed by atoms with Gasteiger partial charge in [0.05, 0.1) is 22.6 Å². The summed E-state index contributed by atoms with van der Waals surface area (Å²) in [6, 6.07) is 7.97. The van der Waals surface area contributed by atoms with Crippen LogP contribution in [0.5, 0.6) is 0 Å². The van der Waals surface area contributed by atoms with E-state index < -0.39 is 0 Å². The number of anilines is 2. The van der Waals surface area contributed by atoms with E-state index in [0.717, 1.165) is 43.0 Å². The number of benzene rings is 1. The van der Waals surface area contributed by atoms with Gasteiger partial charge in [0.25, 0.3) is 5.91 Å². The maximum absolute atomic E-state index is 13.0. The minimum Gasteiger partial charge on any atom is -0.383 e. The molecule has 2 aromatic rings. The Labute approximate surface area is 124 Å². The molecule has 2 heterocycles. The molecule has 3 rings (SSSR count). The lowest BCUT2D eigenvalue weighted by Crippen LogP contribution is -2.32. The molecule has 0 unspecified atom stereocenters. The van der Waals surface area contributed by atoms with Crippen LogP contribution >= 0.6 is 0 Å². The Morgan fingerprint density at radius 3 is 3.00 bits per heavy atom. The zero-order chi connectivity index (χ0) is 14.8. The molecule has 0 bridgehead atoms. The van der Waals surface area contributed by atoms with Crippen molar-refractivity contribution in [2.45, 2.75) is 19.8 Å². The topological polar surface area (TPSA) is 50.2 Å². The second-order valence-electron chi connectivity index (χ2n) is 5.27. The molecule has 1 amide bonds. The highest BCUT2D eigenvalue weighted by atomic mass is 16.2. The van der Waals surface area contributed by atoms with E-state index in [1.165, 1.54) is 0 Å². The van der Waals surface area contributed by atoms with Crippen LogP contribution in [0.2, 0.25) is 0 Å². The predicted molar refractivity (Wildman–Crippen MR) is 83.8 cm³/mol. The maximum Gasteiger partial charge on any atom is 0.261 e. The van der Waals surface area contributed by atoms with Crippen LogP contribution in [0.3, 0.4) is 0 Å². The van der Waals surface area contributed by atoms with Crippen molar-refractivity contribution in [3.8, 4) is 0 Å². The lowest BCUT2D eigenvalue weighted by molar-refractivity contribution is 0.0986. The Hall–Kier alpha value is -2.30. The fourth-order valence-corrected chi connectivity index (χ4v) is 2.77. The van der Waals surface area contributed by atoms with E-state index in [0.29, 0.717) is 5.56 Å². The molecule has 0 radical (unpaired) electrons. The first-order valence-electron chi connectivity index (χ1n) is 7.38. The summed E-state index contributed by atoms with van der Waals surface area (Å²) in [5, 5.41) is 7.76. The lowest BCUT2D eigenvalue weighted by atomic mass is 10.1. The van der Waals surface area contributed by atoms with Crippen LogP contribution < -0.4 is 10.2 Å². The Balaban J connectivity index is 2.01. The molecule has 1 aliphatic heterocycles. The number of fused-ring (bicyclic) bond motifs is 1. The normalized spacial score (nSPS) is 14.3. The summed E-state index contributed by atoms with van der Waals surface area (Å²) in [5.74, 6) is 0.0381. The quantitative estimate of drug-likeness (QED) is 0.921. The monoisotopic (exact) mass is 284 g/mol. The van der Waals surface area contributed by atoms with Crippen molar-refractivity contribution in [1.29, 1.82) is 0 Å². The molecule has 0 aliphatic carbocycles. The minimum absolute atomic E-state index is 0.0381. The summed E-state index contributed by atoms with van der Waals surface area (Å²) in [6.45, 7) is 3.63. The molecule has 1 N–H and O–H groups in total. The van der Waals surface area contributed by atoms with Crippen molar-refractivity contribution in [1.82, 2.24) is 9.78 Å². The summed E-state index contributed by atoms with van der Waals surface area (Å²) in [5.41, 5.74) is 3.53. The molecule has 0 fully saturated rings. The van der Waals surface area contributed by atoms with Crippen molar-refractivity contribution in [3.05, 3.63) is 41.7 Å². The van der Waals surface area contributed by atoms with Gasteiger partial charge in [-0.15, -0.1) is 0 Å². The van der Waals surface area contributed by atoms with E-state index in [1.54, 1.807) is 4.68 Å². The number of aromatic nitrogens is 2. The van der Waals surface area contributed by atoms with E-state index in [-0.39, 0.29) is 5.91 Å². The largest absolute Gasteiger partial charge is 0.383 e. The number of rotatable bonds is 2. The maximum atomic E-state index is 13.0. The predicted octanol–water partition coefficient (Wildman–Crippen LogP) is 2.44. The highest BCUT2D eigenvalue weighted by Gasteiger charge is 2.25. The van der Waals surface area contributed by atoms with Crippen LogP contribution in [0, 0.1) is 0 Å². The molecular weight excluding hydrogens is 264 g/mol. The van der Waals surface area contributed by atoms with Gasteiger partial charge in [-0.05, 0) is 25.0 Å². The average Bonchev–Trinajstić information content (AvgIpc) is 2.75. The first-order valence-corrected chi connectivity index (χ1v) is 7.38. The number of hydrogen-bond acceptors (Lipinski definition) is 3. The van der Waals surface area contributed by atoms with Gasteiger partial charge in [0.1, 0.15) is 0 Å². The molecule has 1 aliphatic rings. The van der Waals surface area contributed by atoms with Crippen LogP contribution in [-0.4, -0.2) is 28.8 Å². The summed E-state index contributed by atoms with van der Waals surface area (Å²) in [7, 11) is 1.86. The Morgan fingerprint density at radius 1 is 1.38 bits per heavy atom. The van der Waals surface area contributed by atoms with Crippen LogP contribution in [0.25, 0.3) is 0 Å². The van der Waals surface area contributed by atoms with E-state index in [2.05, 4.69) is 10.4 Å². The standard InChI is InChI=1S/C16H20N4O/c1-3-13-12(11-19(2)18-13)16(21)20-10-6-9-17-14-7-4-5-8-15(14)20/h4-5,7-8,11,17H,3,6,9-10H2,1-2H3. The zero-order valence-corrected chi connectivity index (χ0v) is 12.5. The third-order valence-electron chi connectivity index (χ3n) is 3.78. The van der Waals surface area contributed by atoms with Crippen LogP contribution in [0.4, 0.5) is 11.4 Å². The van der Waals surface area contributed by atoms with Crippen LogP contribution in [0.1, 0.15) is 29.4 Å². The second kappa shape index (κ2) is 5.60. The molecule has 1 aromatic carbocycles. The fourth-order valence-electron chi connectivity index (χ4n) is 2.77. The van der Waals surface area contributed by atoms with E-state index in [1.807, 2.05) is 49.3 Å². The van der Waals surface area contributed by atoms with Gasteiger partial charge >= 0.3 is 0 Å². The highest BCUT2D eigenvalue weighted by molar-refractivity contribution is 6.08. The molecule has 1 aromatic heterocycles. The second-order valence-corrected chi connectivity index (χ2v) is 5.27. The van der Waals surface area contributed by atoms with Crippen molar-refractivity contribution in [3.63, 3.8) is 0 Å². The number of hydrogen-bond donors (Lipinski definition) is 1. The Bertz CT molecular complexity index is 662. The number of para-hydroxylation sites is 2. The number of nitrogens with one attached hydrogen (secondary N) is 1. The Kier molecular flexibility index (Phi) is 3.64. The van der Waals surface area contributed by atoms with Gasteiger partial charge in [-0.3, -0.25) is 9.48 Å². The number of nitrogens with zero attached hydrogens (tertiary/aromatic N) is 3. The summed E-state index contributed by atoms with van der Waals surface area (Å²) in [6.07, 6.45) is 3.51. The van der Waals surface area contributed by atoms with E-state index in [4.69, 9.17) is 0 Å². The molecule has 0 saturated heterocycles. The first-order chi connectivity index (χ1) is 10.2. The van der Waals surface area contributed by atoms with Gasteiger partial charge in [-0.25, -0.2) is 0 Å². The summed E-state index contributed by atoms with van der Waals surface area (Å²) >= 11 is 0. The average molecular weight is 284 g/mol. The molecule has 21 heavy (non-hydrogen) atoms. The molecule has 5 heteroatoms. The fraction of sp³-hybridized carbons (Fsp3) is 0.375. The van der Waals surface area contributed by atoms with Gasteiger partial charge in [0.15, 0.2) is 0 Å². The number of carbonyl (C=O) groups is 1. The number of carbonyl (C=O) groups excluding carboxylic acids is 1. The van der Waals surface area contributed by atoms with Crippen LogP contribution in [0.15, 0.2) is 30.5 Å². The van der Waals surface area contributed by atoms with E-state index in [9.17, 15) is 4.79 Å². The third kappa shape index (κ3) is 2.51. The zero-order valence-electron chi connectivity index (χ0n) is 12.5. The molecule has 110 valence electrons. The van der Waals surface area contributed by atoms with Crippen molar-refractivity contribution in [2.24, 2.45) is 7.05 Å². The van der Waals surface area contributed by atoms with Gasteiger partial charge in [0.2, 0.25) is 0 Å². The molecular formula is C16H20N4O. The lowest BCUT2D eigenvalue weighted by Gasteiger charge is -2.22. The Morgan fingerprint density at radius 2 is 2.19 bits per heavy atom. The summed E-state index contributed by atoms with van der Waals surface area (Å²) in [4.78, 5) is 14.8. The van der Waals surface area contributed by atoms with Gasteiger partial charge in [-0.2, -0.15) is 5.10 Å².